The molecule has 6 nitrogen and oxygen atoms in total. The number of nitrogens with zero attached hydrogens (tertiary/aromatic N) is 1. The van der Waals surface area contributed by atoms with Crippen LogP contribution in [0.25, 0.3) is 0 Å². The summed E-state index contributed by atoms with van der Waals surface area (Å²) in [6.45, 7) is 1.62. The molecule has 0 heterocycles. The molecule has 1 rings (SSSR count). The van der Waals surface area contributed by atoms with E-state index in [9.17, 15) is 19.3 Å². The Labute approximate surface area is 111 Å². The molecule has 1 amide bonds. The third-order valence-electron chi connectivity index (χ3n) is 2.14. The van der Waals surface area contributed by atoms with Gasteiger partial charge in [-0.2, -0.15) is 0 Å². The summed E-state index contributed by atoms with van der Waals surface area (Å²) < 4.78 is 13.3. The molecule has 0 aliphatic carbocycles. The van der Waals surface area contributed by atoms with Gasteiger partial charge in [-0.3, -0.25) is 14.9 Å². The van der Waals surface area contributed by atoms with Gasteiger partial charge in [0.15, 0.2) is 0 Å². The van der Waals surface area contributed by atoms with Gasteiger partial charge in [-0.1, -0.05) is 0 Å². The Morgan fingerprint density at radius 1 is 1.67 bits per heavy atom. The highest BCUT2D eigenvalue weighted by Gasteiger charge is 2.19. The van der Waals surface area contributed by atoms with E-state index < -0.39 is 22.7 Å². The van der Waals surface area contributed by atoms with Crippen LogP contribution in [0, 0.1) is 15.9 Å². The third-order valence-corrected chi connectivity index (χ3v) is 2.75. The SMILES string of the molecule is CC(CC(N)=O)Nc1cc(F)c(Br)cc1[N+](=O)[O-]. The number of primary amides is 1. The highest BCUT2D eigenvalue weighted by atomic mass is 79.9. The summed E-state index contributed by atoms with van der Waals surface area (Å²) in [6, 6.07) is 1.63. The van der Waals surface area contributed by atoms with Gasteiger partial charge in [0.25, 0.3) is 5.69 Å². The Kier molecular flexibility index (Phi) is 4.60. The van der Waals surface area contributed by atoms with Crippen LogP contribution >= 0.6 is 15.9 Å². The first-order valence-electron chi connectivity index (χ1n) is 4.99. The number of anilines is 1. The Bertz CT molecular complexity index is 496. The number of halogens is 2. The van der Waals surface area contributed by atoms with Crippen LogP contribution in [-0.2, 0) is 4.79 Å². The second kappa shape index (κ2) is 5.76. The molecular formula is C10H11BrFN3O3. The fraction of sp³-hybridized carbons (Fsp3) is 0.300. The Hall–Kier alpha value is -1.70. The summed E-state index contributed by atoms with van der Waals surface area (Å²) in [6.07, 6.45) is -0.00512. The second-order valence-corrected chi connectivity index (χ2v) is 4.61. The summed E-state index contributed by atoms with van der Waals surface area (Å²) in [5.41, 5.74) is 4.74. The lowest BCUT2D eigenvalue weighted by molar-refractivity contribution is -0.384. The maximum atomic E-state index is 13.3. The van der Waals surface area contributed by atoms with Gasteiger partial charge in [0.2, 0.25) is 5.91 Å². The normalized spacial score (nSPS) is 11.9. The maximum absolute atomic E-state index is 13.3. The van der Waals surface area contributed by atoms with Crippen LogP contribution in [0.3, 0.4) is 0 Å². The van der Waals surface area contributed by atoms with E-state index in [0.29, 0.717) is 0 Å². The van der Waals surface area contributed by atoms with Gasteiger partial charge in [-0.15, -0.1) is 0 Å². The van der Waals surface area contributed by atoms with Gasteiger partial charge in [-0.05, 0) is 22.9 Å². The number of amides is 1. The van der Waals surface area contributed by atoms with Crippen molar-refractivity contribution in [3.63, 3.8) is 0 Å². The first-order chi connectivity index (χ1) is 8.31. The molecule has 3 N–H and O–H groups in total. The minimum absolute atomic E-state index is 0.00213. The zero-order valence-electron chi connectivity index (χ0n) is 9.44. The van der Waals surface area contributed by atoms with E-state index in [1.807, 2.05) is 0 Å². The van der Waals surface area contributed by atoms with Gasteiger partial charge in [-0.25, -0.2) is 4.39 Å². The van der Waals surface area contributed by atoms with Crippen LogP contribution in [0.15, 0.2) is 16.6 Å². The molecule has 0 saturated carbocycles. The molecule has 1 aromatic carbocycles. The van der Waals surface area contributed by atoms with E-state index in [-0.39, 0.29) is 22.3 Å². The highest BCUT2D eigenvalue weighted by Crippen LogP contribution is 2.31. The number of benzene rings is 1. The van der Waals surface area contributed by atoms with Crippen LogP contribution < -0.4 is 11.1 Å². The molecule has 0 aliphatic heterocycles. The molecule has 0 saturated heterocycles. The van der Waals surface area contributed by atoms with E-state index >= 15 is 0 Å². The zero-order valence-corrected chi connectivity index (χ0v) is 11.0. The molecular weight excluding hydrogens is 309 g/mol. The lowest BCUT2D eigenvalue weighted by Crippen LogP contribution is -2.24. The molecule has 1 atom stereocenters. The standard InChI is InChI=1S/C10H11BrFN3O3/c1-5(2-10(13)16)14-8-4-7(12)6(11)3-9(8)15(17)18/h3-5,14H,2H2,1H3,(H2,13,16). The lowest BCUT2D eigenvalue weighted by atomic mass is 10.2. The predicted molar refractivity (Wildman–Crippen MR) is 67.7 cm³/mol. The van der Waals surface area contributed by atoms with Crippen molar-refractivity contribution in [2.75, 3.05) is 5.32 Å². The molecule has 1 unspecified atom stereocenters. The van der Waals surface area contributed by atoms with Crippen molar-refractivity contribution in [2.24, 2.45) is 5.73 Å². The average Bonchev–Trinajstić information content (AvgIpc) is 2.21. The van der Waals surface area contributed by atoms with Crippen LogP contribution in [0.5, 0.6) is 0 Å². The van der Waals surface area contributed by atoms with Gasteiger partial charge < -0.3 is 11.1 Å². The first kappa shape index (κ1) is 14.4. The first-order valence-corrected chi connectivity index (χ1v) is 5.79. The van der Waals surface area contributed by atoms with Gasteiger partial charge >= 0.3 is 0 Å². The molecule has 0 bridgehead atoms. The monoisotopic (exact) mass is 319 g/mol. The molecule has 0 spiro atoms. The molecule has 1 aromatic rings. The summed E-state index contributed by atoms with van der Waals surface area (Å²) in [5.74, 6) is -1.18. The molecule has 0 radical (unpaired) electrons. The van der Waals surface area contributed by atoms with E-state index in [4.69, 9.17) is 5.73 Å². The van der Waals surface area contributed by atoms with Crippen LogP contribution in [0.1, 0.15) is 13.3 Å². The predicted octanol–water partition coefficient (Wildman–Crippen LogP) is 2.17. The van der Waals surface area contributed by atoms with E-state index in [0.717, 1.165) is 12.1 Å². The number of carbonyl (C=O) groups is 1. The smallest absolute Gasteiger partial charge is 0.293 e. The van der Waals surface area contributed by atoms with Crippen molar-refractivity contribution in [1.29, 1.82) is 0 Å². The van der Waals surface area contributed by atoms with Gasteiger partial charge in [0.05, 0.1) is 9.40 Å². The minimum Gasteiger partial charge on any atom is -0.376 e. The molecule has 18 heavy (non-hydrogen) atoms. The van der Waals surface area contributed by atoms with Crippen LogP contribution in [-0.4, -0.2) is 16.9 Å². The maximum Gasteiger partial charge on any atom is 0.293 e. The number of carbonyl (C=O) groups excluding carboxylic acids is 1. The number of nitrogens with two attached hydrogens (primary N) is 1. The number of nitrogens with one attached hydrogen (secondary N) is 1. The van der Waals surface area contributed by atoms with E-state index in [2.05, 4.69) is 21.2 Å². The number of nitro benzene ring substituents is 1. The number of nitro groups is 1. The van der Waals surface area contributed by atoms with E-state index in [1.54, 1.807) is 6.92 Å². The number of rotatable bonds is 5. The second-order valence-electron chi connectivity index (χ2n) is 3.76. The Balaban J connectivity index is 3.03. The van der Waals surface area contributed by atoms with Crippen molar-refractivity contribution in [3.8, 4) is 0 Å². The van der Waals surface area contributed by atoms with Crippen molar-refractivity contribution < 1.29 is 14.1 Å². The van der Waals surface area contributed by atoms with Gasteiger partial charge in [0, 0.05) is 24.6 Å². The fourth-order valence-corrected chi connectivity index (χ4v) is 1.75. The van der Waals surface area contributed by atoms with Crippen molar-refractivity contribution in [2.45, 2.75) is 19.4 Å². The topological polar surface area (TPSA) is 98.3 Å². The summed E-state index contributed by atoms with van der Waals surface area (Å²) in [4.78, 5) is 20.9. The summed E-state index contributed by atoms with van der Waals surface area (Å²) >= 11 is 2.87. The van der Waals surface area contributed by atoms with Crippen molar-refractivity contribution in [3.05, 3.63) is 32.5 Å². The summed E-state index contributed by atoms with van der Waals surface area (Å²) in [7, 11) is 0. The average molecular weight is 320 g/mol. The van der Waals surface area contributed by atoms with E-state index in [1.165, 1.54) is 0 Å². The van der Waals surface area contributed by atoms with Gasteiger partial charge in [0.1, 0.15) is 11.5 Å². The molecule has 0 aliphatic rings. The Morgan fingerprint density at radius 2 is 2.28 bits per heavy atom. The minimum atomic E-state index is -0.635. The zero-order chi connectivity index (χ0) is 13.9. The fourth-order valence-electron chi connectivity index (χ4n) is 1.42. The Morgan fingerprint density at radius 3 is 2.78 bits per heavy atom. The third kappa shape index (κ3) is 3.66. The quantitative estimate of drug-likeness (QED) is 0.641. The van der Waals surface area contributed by atoms with Crippen LogP contribution in [0.2, 0.25) is 0 Å². The lowest BCUT2D eigenvalue weighted by Gasteiger charge is -2.13. The number of hydrogen-bond acceptors (Lipinski definition) is 4. The molecule has 98 valence electrons. The van der Waals surface area contributed by atoms with Crippen LogP contribution in [0.4, 0.5) is 15.8 Å². The van der Waals surface area contributed by atoms with Crippen molar-refractivity contribution >= 4 is 33.2 Å². The number of hydrogen-bond donors (Lipinski definition) is 2. The molecule has 0 aromatic heterocycles. The van der Waals surface area contributed by atoms with Crippen molar-refractivity contribution in [1.82, 2.24) is 0 Å². The molecule has 0 fully saturated rings. The summed E-state index contributed by atoms with van der Waals surface area (Å²) in [5, 5.41) is 13.5. The highest BCUT2D eigenvalue weighted by molar-refractivity contribution is 9.10. The molecule has 8 heteroatoms. The largest absolute Gasteiger partial charge is 0.376 e.